The monoisotopic (exact) mass is 335 g/mol. The van der Waals surface area contributed by atoms with Crippen LogP contribution in [0.15, 0.2) is 42.5 Å². The number of rotatable bonds is 6. The normalized spacial score (nSPS) is 21.5. The van der Waals surface area contributed by atoms with Gasteiger partial charge in [0, 0.05) is 12.2 Å². The molecule has 0 aliphatic heterocycles. The van der Waals surface area contributed by atoms with Crippen LogP contribution in [0, 0.1) is 5.92 Å². The number of carbonyl (C=O) groups is 3. The van der Waals surface area contributed by atoms with Gasteiger partial charge in [0.1, 0.15) is 0 Å². The second-order valence-electron chi connectivity index (χ2n) is 5.30. The van der Waals surface area contributed by atoms with Crippen LogP contribution in [0.4, 0.5) is 0 Å². The fraction of sp³-hybridized carbons (Fsp3) is 0.353. The van der Waals surface area contributed by atoms with Crippen molar-refractivity contribution >= 4 is 17.9 Å². The Morgan fingerprint density at radius 1 is 1.21 bits per heavy atom. The quantitative estimate of drug-likeness (QED) is 0.526. The van der Waals surface area contributed by atoms with E-state index in [1.165, 1.54) is 7.11 Å². The highest BCUT2D eigenvalue weighted by Gasteiger charge is 2.61. The summed E-state index contributed by atoms with van der Waals surface area (Å²) in [6, 6.07) is 9.91. The number of carboxylic acid groups (broad SMARTS) is 2. The molecule has 1 fully saturated rings. The Balaban J connectivity index is 0.000000307. The molecule has 1 aliphatic rings. The van der Waals surface area contributed by atoms with Gasteiger partial charge in [-0.05, 0) is 31.5 Å². The van der Waals surface area contributed by atoms with E-state index in [9.17, 15) is 14.4 Å². The van der Waals surface area contributed by atoms with Crippen LogP contribution < -0.4 is 5.32 Å². The third kappa shape index (κ3) is 4.92. The maximum atomic E-state index is 11.9. The Labute approximate surface area is 139 Å². The fourth-order valence-corrected chi connectivity index (χ4v) is 2.60. The molecule has 2 rings (SSSR count). The highest BCUT2D eigenvalue weighted by atomic mass is 16.5. The summed E-state index contributed by atoms with van der Waals surface area (Å²) >= 11 is 0. The lowest BCUT2D eigenvalue weighted by Gasteiger charge is -2.15. The molecule has 7 heteroatoms. The minimum atomic E-state index is -1.26. The molecular formula is C17H21NO6. The summed E-state index contributed by atoms with van der Waals surface area (Å²) in [5.74, 6) is -2.27. The molecule has 1 aromatic rings. The van der Waals surface area contributed by atoms with E-state index in [0.717, 1.165) is 18.5 Å². The van der Waals surface area contributed by atoms with Crippen molar-refractivity contribution < 1.29 is 29.3 Å². The zero-order chi connectivity index (χ0) is 18.2. The Morgan fingerprint density at radius 3 is 2.17 bits per heavy atom. The second kappa shape index (κ2) is 8.83. The number of esters is 1. The van der Waals surface area contributed by atoms with Crippen LogP contribution in [-0.4, -0.2) is 48.8 Å². The minimum absolute atomic E-state index is 0.112. The first-order chi connectivity index (χ1) is 11.4. The molecule has 0 radical (unpaired) electrons. The predicted octanol–water partition coefficient (Wildman–Crippen LogP) is 1.05. The Bertz CT molecular complexity index is 597. The molecule has 0 bridgehead atoms. The third-order valence-electron chi connectivity index (χ3n) is 3.76. The van der Waals surface area contributed by atoms with Crippen LogP contribution in [0.3, 0.4) is 0 Å². The van der Waals surface area contributed by atoms with Crippen molar-refractivity contribution in [1.29, 1.82) is 0 Å². The first-order valence-electron chi connectivity index (χ1n) is 7.31. The van der Waals surface area contributed by atoms with Gasteiger partial charge in [-0.1, -0.05) is 30.3 Å². The molecule has 1 aromatic carbocycles. The summed E-state index contributed by atoms with van der Waals surface area (Å²) in [5, 5.41) is 18.7. The fourth-order valence-electron chi connectivity index (χ4n) is 2.60. The number of hydrogen-bond donors (Lipinski definition) is 3. The van der Waals surface area contributed by atoms with Gasteiger partial charge in [0.15, 0.2) is 0 Å². The van der Waals surface area contributed by atoms with E-state index in [4.69, 9.17) is 14.9 Å². The topological polar surface area (TPSA) is 113 Å². The first-order valence-corrected chi connectivity index (χ1v) is 7.31. The van der Waals surface area contributed by atoms with Crippen LogP contribution in [0.1, 0.15) is 12.0 Å². The average Bonchev–Trinajstić information content (AvgIpc) is 3.29. The van der Waals surface area contributed by atoms with Gasteiger partial charge in [-0.2, -0.15) is 0 Å². The van der Waals surface area contributed by atoms with Gasteiger partial charge in [-0.15, -0.1) is 0 Å². The van der Waals surface area contributed by atoms with Crippen LogP contribution >= 0.6 is 0 Å². The predicted molar refractivity (Wildman–Crippen MR) is 86.6 cm³/mol. The van der Waals surface area contributed by atoms with Crippen molar-refractivity contribution in [3.8, 4) is 0 Å². The van der Waals surface area contributed by atoms with Crippen LogP contribution in [-0.2, 0) is 24.5 Å². The molecule has 2 atom stereocenters. The molecule has 0 spiro atoms. The van der Waals surface area contributed by atoms with E-state index in [1.54, 1.807) is 0 Å². The molecule has 0 aromatic heterocycles. The Morgan fingerprint density at radius 2 is 1.75 bits per heavy atom. The highest BCUT2D eigenvalue weighted by Crippen LogP contribution is 2.54. The maximum Gasteiger partial charge on any atom is 0.328 e. The highest BCUT2D eigenvalue weighted by molar-refractivity contribution is 5.89. The van der Waals surface area contributed by atoms with Gasteiger partial charge in [0.25, 0.3) is 0 Å². The lowest BCUT2D eigenvalue weighted by Crippen LogP contribution is -2.27. The zero-order valence-electron chi connectivity index (χ0n) is 13.6. The lowest BCUT2D eigenvalue weighted by molar-refractivity contribution is -0.144. The SMILES string of the molecule is CNCC1CC1(C(=O)OC)c1ccccc1.O=C(O)C=CC(=O)O. The lowest BCUT2D eigenvalue weighted by atomic mass is 9.93. The molecule has 0 saturated heterocycles. The molecule has 24 heavy (non-hydrogen) atoms. The summed E-state index contributed by atoms with van der Waals surface area (Å²) in [6.45, 7) is 0.851. The summed E-state index contributed by atoms with van der Waals surface area (Å²) in [6.07, 6.45) is 2.00. The zero-order valence-corrected chi connectivity index (χ0v) is 13.6. The number of benzene rings is 1. The van der Waals surface area contributed by atoms with E-state index in [2.05, 4.69) is 5.32 Å². The molecule has 3 N–H and O–H groups in total. The summed E-state index contributed by atoms with van der Waals surface area (Å²) in [7, 11) is 3.37. The van der Waals surface area contributed by atoms with E-state index < -0.39 is 17.4 Å². The number of methoxy groups -OCH3 is 1. The number of aliphatic carboxylic acids is 2. The number of carboxylic acids is 2. The maximum absolute atomic E-state index is 11.9. The van der Waals surface area contributed by atoms with Crippen LogP contribution in [0.2, 0.25) is 0 Å². The third-order valence-corrected chi connectivity index (χ3v) is 3.76. The van der Waals surface area contributed by atoms with Gasteiger partial charge < -0.3 is 20.3 Å². The van der Waals surface area contributed by atoms with Gasteiger partial charge in [0.05, 0.1) is 12.5 Å². The van der Waals surface area contributed by atoms with Gasteiger partial charge >= 0.3 is 17.9 Å². The van der Waals surface area contributed by atoms with Crippen molar-refractivity contribution in [2.75, 3.05) is 20.7 Å². The Kier molecular flexibility index (Phi) is 7.13. The summed E-state index contributed by atoms with van der Waals surface area (Å²) in [5.41, 5.74) is 0.668. The van der Waals surface area contributed by atoms with E-state index in [0.29, 0.717) is 18.1 Å². The first kappa shape index (κ1) is 19.4. The molecule has 0 amide bonds. The van der Waals surface area contributed by atoms with Crippen LogP contribution in [0.5, 0.6) is 0 Å². The standard InChI is InChI=1S/C13H17NO2.C4H4O4/c1-14-9-11-8-13(11,12(15)16-2)10-6-4-3-5-7-10;5-3(6)1-2-4(7)8/h3-7,11,14H,8-9H2,1-2H3;1-2H,(H,5,6)(H,7,8). The minimum Gasteiger partial charge on any atom is -0.478 e. The largest absolute Gasteiger partial charge is 0.478 e. The Hall–Kier alpha value is -2.67. The van der Waals surface area contributed by atoms with Crippen molar-refractivity contribution in [3.63, 3.8) is 0 Å². The van der Waals surface area contributed by atoms with Crippen molar-refractivity contribution in [1.82, 2.24) is 5.32 Å². The van der Waals surface area contributed by atoms with Gasteiger partial charge in [0.2, 0.25) is 0 Å². The second-order valence-corrected chi connectivity index (χ2v) is 5.30. The number of nitrogens with one attached hydrogen (secondary N) is 1. The number of hydrogen-bond acceptors (Lipinski definition) is 5. The molecule has 7 nitrogen and oxygen atoms in total. The molecule has 1 aliphatic carbocycles. The molecule has 2 unspecified atom stereocenters. The van der Waals surface area contributed by atoms with Gasteiger partial charge in [-0.3, -0.25) is 4.79 Å². The molecule has 130 valence electrons. The van der Waals surface area contributed by atoms with Crippen molar-refractivity contribution in [2.45, 2.75) is 11.8 Å². The van der Waals surface area contributed by atoms with E-state index in [1.807, 2.05) is 37.4 Å². The summed E-state index contributed by atoms with van der Waals surface area (Å²) in [4.78, 5) is 31.0. The number of carbonyl (C=O) groups excluding carboxylic acids is 1. The van der Waals surface area contributed by atoms with Crippen molar-refractivity contribution in [2.24, 2.45) is 5.92 Å². The summed E-state index contributed by atoms with van der Waals surface area (Å²) < 4.78 is 4.94. The van der Waals surface area contributed by atoms with Gasteiger partial charge in [-0.25, -0.2) is 9.59 Å². The number of ether oxygens (including phenoxy) is 1. The molecule has 1 saturated carbocycles. The van der Waals surface area contributed by atoms with Crippen LogP contribution in [0.25, 0.3) is 0 Å². The van der Waals surface area contributed by atoms with E-state index >= 15 is 0 Å². The molecular weight excluding hydrogens is 314 g/mol. The van der Waals surface area contributed by atoms with E-state index in [-0.39, 0.29) is 5.97 Å². The molecule has 0 heterocycles. The smallest absolute Gasteiger partial charge is 0.328 e. The average molecular weight is 335 g/mol. The van der Waals surface area contributed by atoms with Crippen molar-refractivity contribution in [3.05, 3.63) is 48.0 Å².